The number of hydrogen-bond donors (Lipinski definition) is 0. The van der Waals surface area contributed by atoms with Crippen LogP contribution in [0.2, 0.25) is 0 Å². The number of anilines is 1. The molecule has 5 nitrogen and oxygen atoms in total. The van der Waals surface area contributed by atoms with Crippen LogP contribution in [-0.2, 0) is 6.54 Å². The highest BCUT2D eigenvalue weighted by Gasteiger charge is 2.19. The first kappa shape index (κ1) is 13.1. The van der Waals surface area contributed by atoms with Crippen LogP contribution in [0.1, 0.15) is 12.5 Å². The first-order valence-electron chi connectivity index (χ1n) is 5.81. The van der Waals surface area contributed by atoms with E-state index in [0.717, 1.165) is 11.6 Å². The minimum atomic E-state index is -0.616. The Balaban J connectivity index is 2.35. The monoisotopic (exact) mass is 264 g/mol. The molecule has 0 amide bonds. The molecule has 19 heavy (non-hydrogen) atoms. The predicted molar refractivity (Wildman–Crippen MR) is 68.5 cm³/mol. The summed E-state index contributed by atoms with van der Waals surface area (Å²) in [5.41, 5.74) is 1.07. The van der Waals surface area contributed by atoms with Gasteiger partial charge in [0.15, 0.2) is 0 Å². The van der Waals surface area contributed by atoms with E-state index < -0.39 is 10.7 Å². The number of nitro benzene ring substituents is 1. The molecule has 100 valence electrons. The van der Waals surface area contributed by atoms with Crippen molar-refractivity contribution < 1.29 is 13.7 Å². The number of hydrogen-bond acceptors (Lipinski definition) is 4. The Morgan fingerprint density at radius 2 is 2.21 bits per heavy atom. The molecule has 1 aromatic carbocycles. The Morgan fingerprint density at radius 1 is 1.42 bits per heavy atom. The molecule has 0 saturated heterocycles. The fourth-order valence-corrected chi connectivity index (χ4v) is 1.88. The highest BCUT2D eigenvalue weighted by molar-refractivity contribution is 5.63. The van der Waals surface area contributed by atoms with Gasteiger partial charge in [-0.3, -0.25) is 10.1 Å². The van der Waals surface area contributed by atoms with Crippen LogP contribution in [0.15, 0.2) is 41.2 Å². The van der Waals surface area contributed by atoms with E-state index in [1.807, 2.05) is 6.92 Å². The Bertz CT molecular complexity index is 569. The lowest BCUT2D eigenvalue weighted by molar-refractivity contribution is -0.384. The SMILES string of the molecule is CCN(Cc1ccoc1)c1ccc(F)cc1[N+](=O)[O-]. The van der Waals surface area contributed by atoms with Crippen molar-refractivity contribution in [3.8, 4) is 0 Å². The smallest absolute Gasteiger partial charge is 0.295 e. The Hall–Kier alpha value is -2.37. The summed E-state index contributed by atoms with van der Waals surface area (Å²) < 4.78 is 18.1. The summed E-state index contributed by atoms with van der Waals surface area (Å²) in [6.07, 6.45) is 3.13. The second-order valence-corrected chi connectivity index (χ2v) is 4.04. The molecular formula is C13H13FN2O3. The number of halogens is 1. The molecule has 0 spiro atoms. The van der Waals surface area contributed by atoms with Crippen LogP contribution < -0.4 is 4.90 Å². The van der Waals surface area contributed by atoms with Gasteiger partial charge in [-0.2, -0.15) is 0 Å². The van der Waals surface area contributed by atoms with Crippen LogP contribution in [-0.4, -0.2) is 11.5 Å². The van der Waals surface area contributed by atoms with Gasteiger partial charge in [-0.25, -0.2) is 4.39 Å². The van der Waals surface area contributed by atoms with E-state index in [0.29, 0.717) is 18.8 Å². The second-order valence-electron chi connectivity index (χ2n) is 4.04. The zero-order valence-corrected chi connectivity index (χ0v) is 10.4. The average Bonchev–Trinajstić information content (AvgIpc) is 2.89. The van der Waals surface area contributed by atoms with Crippen molar-refractivity contribution in [2.75, 3.05) is 11.4 Å². The van der Waals surface area contributed by atoms with E-state index in [9.17, 15) is 14.5 Å². The molecule has 2 rings (SSSR count). The van der Waals surface area contributed by atoms with Gasteiger partial charge in [-0.15, -0.1) is 0 Å². The van der Waals surface area contributed by atoms with Gasteiger partial charge >= 0.3 is 0 Å². The molecule has 1 heterocycles. The maximum atomic E-state index is 13.1. The molecule has 0 aliphatic rings. The van der Waals surface area contributed by atoms with Gasteiger partial charge in [0.2, 0.25) is 0 Å². The van der Waals surface area contributed by atoms with Crippen LogP contribution in [0.25, 0.3) is 0 Å². The molecule has 1 aromatic heterocycles. The average molecular weight is 264 g/mol. The lowest BCUT2D eigenvalue weighted by atomic mass is 10.2. The van der Waals surface area contributed by atoms with E-state index in [1.165, 1.54) is 12.1 Å². The molecule has 0 bridgehead atoms. The number of rotatable bonds is 5. The van der Waals surface area contributed by atoms with Crippen molar-refractivity contribution in [2.24, 2.45) is 0 Å². The Kier molecular flexibility index (Phi) is 3.79. The van der Waals surface area contributed by atoms with Crippen LogP contribution >= 0.6 is 0 Å². The third-order valence-corrected chi connectivity index (χ3v) is 2.81. The molecule has 0 radical (unpaired) electrons. The summed E-state index contributed by atoms with van der Waals surface area (Å²) in [4.78, 5) is 12.2. The Labute approximate surface area is 109 Å². The molecular weight excluding hydrogens is 251 g/mol. The molecule has 0 N–H and O–H groups in total. The summed E-state index contributed by atoms with van der Waals surface area (Å²) in [5.74, 6) is -0.616. The number of nitrogens with zero attached hydrogens (tertiary/aromatic N) is 2. The lowest BCUT2D eigenvalue weighted by Crippen LogP contribution is -2.22. The topological polar surface area (TPSA) is 59.5 Å². The molecule has 0 aliphatic heterocycles. The van der Waals surface area contributed by atoms with Crippen molar-refractivity contribution >= 4 is 11.4 Å². The first-order chi connectivity index (χ1) is 9.11. The standard InChI is InChI=1S/C13H13FN2O3/c1-2-15(8-10-5-6-19-9-10)12-4-3-11(14)7-13(12)16(17)18/h3-7,9H,2,8H2,1H3. The van der Waals surface area contributed by atoms with Crippen LogP contribution in [0.3, 0.4) is 0 Å². The van der Waals surface area contributed by atoms with E-state index in [4.69, 9.17) is 4.42 Å². The third-order valence-electron chi connectivity index (χ3n) is 2.81. The summed E-state index contributed by atoms with van der Waals surface area (Å²) in [6, 6.07) is 5.38. The second kappa shape index (κ2) is 5.51. The maximum absolute atomic E-state index is 13.1. The van der Waals surface area contributed by atoms with Gasteiger partial charge in [0.05, 0.1) is 23.5 Å². The van der Waals surface area contributed by atoms with Gasteiger partial charge in [0.25, 0.3) is 5.69 Å². The highest BCUT2D eigenvalue weighted by atomic mass is 19.1. The fourth-order valence-electron chi connectivity index (χ4n) is 1.88. The van der Waals surface area contributed by atoms with Crippen molar-refractivity contribution in [3.05, 3.63) is 58.3 Å². The normalized spacial score (nSPS) is 10.4. The molecule has 0 saturated carbocycles. The van der Waals surface area contributed by atoms with Crippen molar-refractivity contribution in [3.63, 3.8) is 0 Å². The van der Waals surface area contributed by atoms with Crippen LogP contribution in [0.4, 0.5) is 15.8 Å². The molecule has 0 fully saturated rings. The minimum absolute atomic E-state index is 0.231. The van der Waals surface area contributed by atoms with Crippen molar-refractivity contribution in [1.29, 1.82) is 0 Å². The summed E-state index contributed by atoms with van der Waals surface area (Å²) in [7, 11) is 0. The number of furan rings is 1. The number of nitro groups is 1. The summed E-state index contributed by atoms with van der Waals surface area (Å²) in [5, 5.41) is 11.0. The maximum Gasteiger partial charge on any atom is 0.295 e. The van der Waals surface area contributed by atoms with Gasteiger partial charge < -0.3 is 9.32 Å². The first-order valence-corrected chi connectivity index (χ1v) is 5.81. The third kappa shape index (κ3) is 2.90. The van der Waals surface area contributed by atoms with Crippen molar-refractivity contribution in [2.45, 2.75) is 13.5 Å². The van der Waals surface area contributed by atoms with Gasteiger partial charge in [0.1, 0.15) is 11.5 Å². The van der Waals surface area contributed by atoms with E-state index in [2.05, 4.69) is 0 Å². The van der Waals surface area contributed by atoms with Gasteiger partial charge in [0, 0.05) is 18.7 Å². The minimum Gasteiger partial charge on any atom is -0.472 e. The number of benzene rings is 1. The van der Waals surface area contributed by atoms with E-state index in [-0.39, 0.29) is 5.69 Å². The molecule has 6 heteroatoms. The summed E-state index contributed by atoms with van der Waals surface area (Å²) >= 11 is 0. The molecule has 0 atom stereocenters. The van der Waals surface area contributed by atoms with E-state index in [1.54, 1.807) is 23.5 Å². The summed E-state index contributed by atoms with van der Waals surface area (Å²) in [6.45, 7) is 2.92. The highest BCUT2D eigenvalue weighted by Crippen LogP contribution is 2.29. The van der Waals surface area contributed by atoms with Crippen LogP contribution in [0.5, 0.6) is 0 Å². The quantitative estimate of drug-likeness (QED) is 0.613. The Morgan fingerprint density at radius 3 is 2.79 bits per heavy atom. The lowest BCUT2D eigenvalue weighted by Gasteiger charge is -2.22. The molecule has 0 unspecified atom stereocenters. The fraction of sp³-hybridized carbons (Fsp3) is 0.231. The molecule has 2 aromatic rings. The predicted octanol–water partition coefficient (Wildman–Crippen LogP) is 3.35. The molecule has 0 aliphatic carbocycles. The van der Waals surface area contributed by atoms with E-state index >= 15 is 0 Å². The van der Waals surface area contributed by atoms with Crippen molar-refractivity contribution in [1.82, 2.24) is 0 Å². The zero-order valence-electron chi connectivity index (χ0n) is 10.4. The van der Waals surface area contributed by atoms with Gasteiger partial charge in [-0.05, 0) is 25.1 Å². The van der Waals surface area contributed by atoms with Crippen LogP contribution in [0, 0.1) is 15.9 Å². The zero-order chi connectivity index (χ0) is 13.8. The van der Waals surface area contributed by atoms with Gasteiger partial charge in [-0.1, -0.05) is 0 Å². The largest absolute Gasteiger partial charge is 0.472 e.